The van der Waals surface area contributed by atoms with E-state index in [0.717, 1.165) is 6.07 Å². The largest absolute Gasteiger partial charge is 0.430 e. The van der Waals surface area contributed by atoms with Crippen LogP contribution in [-0.2, 0) is 16.8 Å². The van der Waals surface area contributed by atoms with Crippen LogP contribution >= 0.6 is 0 Å². The lowest BCUT2D eigenvalue weighted by Crippen LogP contribution is -2.54. The normalized spacial score (nSPS) is 18.7. The van der Waals surface area contributed by atoms with E-state index in [2.05, 4.69) is 0 Å². The number of alkyl halides is 6. The Bertz CT molecular complexity index is 960. The van der Waals surface area contributed by atoms with Gasteiger partial charge in [-0.2, -0.15) is 26.3 Å². The highest BCUT2D eigenvalue weighted by Gasteiger charge is 2.71. The van der Waals surface area contributed by atoms with Gasteiger partial charge in [-0.3, -0.25) is 4.79 Å². The number of carbonyl (C=O) groups excluding carboxylic acids is 1. The molecule has 1 amide bonds. The number of fused-ring (bicyclic) bond motifs is 1. The van der Waals surface area contributed by atoms with Crippen LogP contribution in [0.4, 0.5) is 32.0 Å². The molecule has 32 heavy (non-hydrogen) atoms. The van der Waals surface area contributed by atoms with Gasteiger partial charge < -0.3 is 15.1 Å². The summed E-state index contributed by atoms with van der Waals surface area (Å²) in [6.07, 6.45) is -13.1. The average Bonchev–Trinajstić information content (AvgIpc) is 2.89. The Morgan fingerprint density at radius 3 is 2.19 bits per heavy atom. The van der Waals surface area contributed by atoms with Crippen molar-refractivity contribution in [2.45, 2.75) is 49.7 Å². The van der Waals surface area contributed by atoms with Crippen LogP contribution in [0, 0.1) is 0 Å². The molecule has 2 aromatic rings. The SMILES string of the molecule is C[C@H](C(=O)N1C[C@@H](O)CCc2cc(C(O)(C(F)(F)F)C(F)(F)F)ccc21)c1ccccc1. The maximum absolute atomic E-state index is 13.3. The quantitative estimate of drug-likeness (QED) is 0.665. The van der Waals surface area contributed by atoms with E-state index in [1.165, 1.54) is 4.90 Å². The number of amides is 1. The van der Waals surface area contributed by atoms with Gasteiger partial charge in [-0.15, -0.1) is 0 Å². The third-order valence-electron chi connectivity index (χ3n) is 5.68. The fourth-order valence-corrected chi connectivity index (χ4v) is 3.81. The van der Waals surface area contributed by atoms with E-state index >= 15 is 0 Å². The molecular formula is C22H21F6NO3. The molecule has 2 N–H and O–H groups in total. The number of aliphatic hydroxyl groups excluding tert-OH is 1. The molecule has 0 saturated carbocycles. The molecule has 0 aliphatic carbocycles. The van der Waals surface area contributed by atoms with Crippen LogP contribution in [0.1, 0.15) is 36.0 Å². The Labute approximate surface area is 180 Å². The topological polar surface area (TPSA) is 60.8 Å². The highest BCUT2D eigenvalue weighted by atomic mass is 19.4. The predicted molar refractivity (Wildman–Crippen MR) is 104 cm³/mol. The summed E-state index contributed by atoms with van der Waals surface area (Å²) in [7, 11) is 0. The average molecular weight is 461 g/mol. The number of aliphatic hydroxyl groups is 2. The summed E-state index contributed by atoms with van der Waals surface area (Å²) in [5.41, 5.74) is -5.69. The number of hydrogen-bond donors (Lipinski definition) is 2. The van der Waals surface area contributed by atoms with Gasteiger partial charge in [0, 0.05) is 11.3 Å². The van der Waals surface area contributed by atoms with Crippen molar-refractivity contribution in [3.05, 3.63) is 65.2 Å². The summed E-state index contributed by atoms with van der Waals surface area (Å²) in [5, 5.41) is 19.9. The number of benzene rings is 2. The smallest absolute Gasteiger partial charge is 0.391 e. The number of nitrogens with zero attached hydrogens (tertiary/aromatic N) is 1. The number of β-amino-alcohol motifs (C(OH)–C–C–N with tert-alkyl or cyclic N) is 1. The van der Waals surface area contributed by atoms with Crippen LogP contribution in [0.3, 0.4) is 0 Å². The van der Waals surface area contributed by atoms with Crippen LogP contribution < -0.4 is 4.90 Å². The van der Waals surface area contributed by atoms with Gasteiger partial charge in [0.2, 0.25) is 5.91 Å². The minimum Gasteiger partial charge on any atom is -0.391 e. The van der Waals surface area contributed by atoms with E-state index in [-0.39, 0.29) is 30.6 Å². The Balaban J connectivity index is 2.07. The molecule has 0 spiro atoms. The van der Waals surface area contributed by atoms with Crippen LogP contribution in [0.25, 0.3) is 0 Å². The molecule has 0 saturated heterocycles. The number of anilines is 1. The van der Waals surface area contributed by atoms with Crippen molar-refractivity contribution in [2.75, 3.05) is 11.4 Å². The number of rotatable bonds is 3. The minimum absolute atomic E-state index is 0.000383. The summed E-state index contributed by atoms with van der Waals surface area (Å²) < 4.78 is 79.7. The first-order valence-electron chi connectivity index (χ1n) is 9.81. The first-order chi connectivity index (χ1) is 14.8. The van der Waals surface area contributed by atoms with Gasteiger partial charge in [-0.05, 0) is 37.0 Å². The van der Waals surface area contributed by atoms with Crippen molar-refractivity contribution >= 4 is 11.6 Å². The van der Waals surface area contributed by atoms with E-state index < -0.39 is 41.4 Å². The van der Waals surface area contributed by atoms with Gasteiger partial charge >= 0.3 is 12.4 Å². The maximum Gasteiger partial charge on any atom is 0.430 e. The maximum atomic E-state index is 13.3. The molecule has 174 valence electrons. The van der Waals surface area contributed by atoms with Crippen molar-refractivity contribution in [1.29, 1.82) is 0 Å². The number of halogens is 6. The van der Waals surface area contributed by atoms with Crippen molar-refractivity contribution in [3.63, 3.8) is 0 Å². The lowest BCUT2D eigenvalue weighted by atomic mass is 9.89. The highest BCUT2D eigenvalue weighted by molar-refractivity contribution is 5.98. The number of aryl methyl sites for hydroxylation is 1. The molecule has 2 atom stereocenters. The molecule has 2 aromatic carbocycles. The summed E-state index contributed by atoms with van der Waals surface area (Å²) in [6.45, 7) is 1.46. The first-order valence-corrected chi connectivity index (χ1v) is 9.81. The molecule has 0 unspecified atom stereocenters. The summed E-state index contributed by atoms with van der Waals surface area (Å²) in [4.78, 5) is 14.3. The van der Waals surface area contributed by atoms with Crippen molar-refractivity contribution in [2.24, 2.45) is 0 Å². The van der Waals surface area contributed by atoms with Crippen LogP contribution in [0.5, 0.6) is 0 Å². The van der Waals surface area contributed by atoms with E-state index in [1.807, 2.05) is 0 Å². The molecular weight excluding hydrogens is 440 g/mol. The second-order valence-electron chi connectivity index (χ2n) is 7.82. The summed E-state index contributed by atoms with van der Waals surface area (Å²) in [6, 6.07) is 10.7. The molecule has 4 nitrogen and oxygen atoms in total. The molecule has 1 aliphatic heterocycles. The zero-order valence-electron chi connectivity index (χ0n) is 16.9. The number of carbonyl (C=O) groups is 1. The zero-order chi connectivity index (χ0) is 23.9. The van der Waals surface area contributed by atoms with E-state index in [4.69, 9.17) is 0 Å². The molecule has 0 aromatic heterocycles. The molecule has 10 heteroatoms. The summed E-state index contributed by atoms with van der Waals surface area (Å²) in [5.74, 6) is -1.13. The van der Waals surface area contributed by atoms with Gasteiger partial charge in [0.1, 0.15) is 0 Å². The fourth-order valence-electron chi connectivity index (χ4n) is 3.81. The fraction of sp³-hybridized carbons (Fsp3) is 0.409. The standard InChI is InChI=1S/C22H21F6NO3/c1-13(14-5-3-2-4-6-14)19(31)29-12-17(30)9-7-15-11-16(8-10-18(15)29)20(32,21(23,24)25)22(26,27)28/h2-6,8,10-11,13,17,30,32H,7,9,12H2,1H3/t13-,17-/m0/s1. The molecule has 3 rings (SSSR count). The van der Waals surface area contributed by atoms with Crippen LogP contribution in [0.15, 0.2) is 48.5 Å². The molecule has 1 aliphatic rings. The molecule has 0 fully saturated rings. The van der Waals surface area contributed by atoms with Gasteiger partial charge in [-0.25, -0.2) is 0 Å². The van der Waals surface area contributed by atoms with Crippen molar-refractivity contribution < 1.29 is 41.4 Å². The third kappa shape index (κ3) is 4.21. The Kier molecular flexibility index (Phi) is 6.32. The Hall–Kier alpha value is -2.59. The minimum atomic E-state index is -6.01. The van der Waals surface area contributed by atoms with Crippen molar-refractivity contribution in [3.8, 4) is 0 Å². The second-order valence-corrected chi connectivity index (χ2v) is 7.82. The van der Waals surface area contributed by atoms with Crippen LogP contribution in [0.2, 0.25) is 0 Å². The Morgan fingerprint density at radius 2 is 1.62 bits per heavy atom. The molecule has 0 radical (unpaired) electrons. The first kappa shape index (κ1) is 24.1. The summed E-state index contributed by atoms with van der Waals surface area (Å²) >= 11 is 0. The highest BCUT2D eigenvalue weighted by Crippen LogP contribution is 2.50. The van der Waals surface area contributed by atoms with Crippen molar-refractivity contribution in [1.82, 2.24) is 0 Å². The van der Waals surface area contributed by atoms with Gasteiger partial charge in [0.15, 0.2) is 0 Å². The van der Waals surface area contributed by atoms with Gasteiger partial charge in [0.25, 0.3) is 5.60 Å². The molecule has 0 bridgehead atoms. The van der Waals surface area contributed by atoms with E-state index in [0.29, 0.717) is 17.7 Å². The lowest BCUT2D eigenvalue weighted by molar-refractivity contribution is -0.376. The van der Waals surface area contributed by atoms with E-state index in [1.54, 1.807) is 37.3 Å². The Morgan fingerprint density at radius 1 is 1.03 bits per heavy atom. The van der Waals surface area contributed by atoms with Gasteiger partial charge in [-0.1, -0.05) is 42.5 Å². The third-order valence-corrected chi connectivity index (χ3v) is 5.68. The zero-order valence-corrected chi connectivity index (χ0v) is 16.9. The lowest BCUT2D eigenvalue weighted by Gasteiger charge is -2.33. The predicted octanol–water partition coefficient (Wildman–Crippen LogP) is 4.44. The van der Waals surface area contributed by atoms with Gasteiger partial charge in [0.05, 0.1) is 18.6 Å². The van der Waals surface area contributed by atoms with Crippen LogP contribution in [-0.4, -0.2) is 41.1 Å². The monoisotopic (exact) mass is 461 g/mol. The number of hydrogen-bond acceptors (Lipinski definition) is 3. The molecule has 1 heterocycles. The van der Waals surface area contributed by atoms with E-state index in [9.17, 15) is 41.4 Å². The second kappa shape index (κ2) is 8.40.